The molecule has 0 fully saturated rings. The largest absolute Gasteiger partial charge is 0.573 e. The molecule has 0 saturated heterocycles. The van der Waals surface area contributed by atoms with Crippen LogP contribution in [0.4, 0.5) is 13.2 Å². The maximum atomic E-state index is 13.0. The monoisotopic (exact) mass is 473 g/mol. The maximum Gasteiger partial charge on any atom is 0.573 e. The van der Waals surface area contributed by atoms with Crippen molar-refractivity contribution in [1.29, 1.82) is 0 Å². The highest BCUT2D eigenvalue weighted by molar-refractivity contribution is 5.72. The molecular weight excluding hydrogens is 451 g/mol. The standard InChI is InChI=1S/C25H22F3NO5/c26-25(27,28)34-23-13-16(5-10-20(23)17-3-1-2-4-17)15-32-19-8-6-18(7-9-19)21(14-24(30)31)22-11-12-33-29-22/h3,5-13,21H,1-2,4,14-15H2,(H,30,31)/t21-/m0/s1. The predicted octanol–water partition coefficient (Wildman–Crippen LogP) is 6.33. The third-order valence-corrected chi connectivity index (χ3v) is 5.54. The molecule has 1 atom stereocenters. The Labute approximate surface area is 193 Å². The van der Waals surface area contributed by atoms with Crippen LogP contribution in [0.5, 0.6) is 11.5 Å². The van der Waals surface area contributed by atoms with E-state index < -0.39 is 18.2 Å². The van der Waals surface area contributed by atoms with Crippen molar-refractivity contribution in [2.45, 2.75) is 44.6 Å². The second kappa shape index (κ2) is 10.0. The van der Waals surface area contributed by atoms with Crippen LogP contribution in [0.1, 0.15) is 54.0 Å². The number of hydrogen-bond donors (Lipinski definition) is 1. The van der Waals surface area contributed by atoms with Crippen molar-refractivity contribution in [3.05, 3.63) is 83.3 Å². The van der Waals surface area contributed by atoms with Crippen LogP contribution in [0.25, 0.3) is 5.57 Å². The number of aliphatic carboxylic acids is 1. The molecule has 0 unspecified atom stereocenters. The summed E-state index contributed by atoms with van der Waals surface area (Å²) < 4.78 is 53.7. The molecule has 2 aromatic carbocycles. The van der Waals surface area contributed by atoms with E-state index in [0.717, 1.165) is 24.0 Å². The second-order valence-electron chi connectivity index (χ2n) is 7.93. The first-order chi connectivity index (χ1) is 16.3. The average Bonchev–Trinajstić information content (AvgIpc) is 3.50. The van der Waals surface area contributed by atoms with Crippen LogP contribution in [-0.4, -0.2) is 22.6 Å². The fourth-order valence-corrected chi connectivity index (χ4v) is 3.98. The highest BCUT2D eigenvalue weighted by Gasteiger charge is 2.32. The number of hydrogen-bond acceptors (Lipinski definition) is 5. The molecule has 9 heteroatoms. The molecule has 1 heterocycles. The van der Waals surface area contributed by atoms with Crippen LogP contribution < -0.4 is 9.47 Å². The molecule has 3 aromatic rings. The summed E-state index contributed by atoms with van der Waals surface area (Å²) in [5.74, 6) is -1.20. The number of rotatable bonds is 9. The number of carboxylic acids is 1. The average molecular weight is 473 g/mol. The summed E-state index contributed by atoms with van der Waals surface area (Å²) in [7, 11) is 0. The van der Waals surface area contributed by atoms with Gasteiger partial charge in [-0.3, -0.25) is 4.79 Å². The van der Waals surface area contributed by atoms with Crippen molar-refractivity contribution in [3.8, 4) is 11.5 Å². The lowest BCUT2D eigenvalue weighted by molar-refractivity contribution is -0.274. The summed E-state index contributed by atoms with van der Waals surface area (Å²) in [5.41, 5.74) is 3.05. The molecule has 6 nitrogen and oxygen atoms in total. The minimum absolute atomic E-state index is 0.0364. The third-order valence-electron chi connectivity index (χ3n) is 5.54. The van der Waals surface area contributed by atoms with Gasteiger partial charge in [-0.05, 0) is 54.2 Å². The summed E-state index contributed by atoms with van der Waals surface area (Å²) in [6.07, 6.45) is 0.835. The molecule has 4 rings (SSSR count). The molecule has 0 amide bonds. The number of allylic oxidation sites excluding steroid dienone is 2. The van der Waals surface area contributed by atoms with E-state index in [1.54, 1.807) is 42.5 Å². The Balaban J connectivity index is 1.47. The second-order valence-corrected chi connectivity index (χ2v) is 7.93. The first kappa shape index (κ1) is 23.4. The number of benzene rings is 2. The van der Waals surface area contributed by atoms with Gasteiger partial charge in [0.05, 0.1) is 12.1 Å². The van der Waals surface area contributed by atoms with Crippen LogP contribution in [0.15, 0.2) is 65.4 Å². The zero-order valence-electron chi connectivity index (χ0n) is 18.0. The lowest BCUT2D eigenvalue weighted by atomic mass is 9.92. The SMILES string of the molecule is O=C(O)C[C@@H](c1ccc(OCc2ccc(C3=CCCC3)c(OC(F)(F)F)c2)cc1)c1ccon1. The summed E-state index contributed by atoms with van der Waals surface area (Å²) in [4.78, 5) is 11.3. The van der Waals surface area contributed by atoms with Gasteiger partial charge in [-0.15, -0.1) is 13.2 Å². The Morgan fingerprint density at radius 1 is 1.15 bits per heavy atom. The smallest absolute Gasteiger partial charge is 0.489 e. The van der Waals surface area contributed by atoms with Crippen LogP contribution in [-0.2, 0) is 11.4 Å². The minimum Gasteiger partial charge on any atom is -0.489 e. The molecule has 34 heavy (non-hydrogen) atoms. The summed E-state index contributed by atoms with van der Waals surface area (Å²) in [6.45, 7) is 0.0364. The van der Waals surface area contributed by atoms with E-state index >= 15 is 0 Å². The lowest BCUT2D eigenvalue weighted by Crippen LogP contribution is -2.18. The number of ether oxygens (including phenoxy) is 2. The molecule has 0 spiro atoms. The first-order valence-electron chi connectivity index (χ1n) is 10.7. The highest BCUT2D eigenvalue weighted by atomic mass is 19.4. The summed E-state index contributed by atoms with van der Waals surface area (Å²) in [6, 6.07) is 13.1. The minimum atomic E-state index is -4.79. The topological polar surface area (TPSA) is 81.8 Å². The van der Waals surface area contributed by atoms with E-state index in [1.165, 1.54) is 12.3 Å². The fraction of sp³-hybridized carbons (Fsp3) is 0.280. The van der Waals surface area contributed by atoms with Crippen LogP contribution in [0.2, 0.25) is 0 Å². The molecule has 1 aliphatic carbocycles. The van der Waals surface area contributed by atoms with Crippen LogP contribution in [0, 0.1) is 0 Å². The van der Waals surface area contributed by atoms with E-state index in [2.05, 4.69) is 9.89 Å². The van der Waals surface area contributed by atoms with E-state index in [9.17, 15) is 23.1 Å². The highest BCUT2D eigenvalue weighted by Crippen LogP contribution is 2.37. The fourth-order valence-electron chi connectivity index (χ4n) is 3.98. The maximum absolute atomic E-state index is 13.0. The van der Waals surface area contributed by atoms with E-state index in [1.807, 2.05) is 6.08 Å². The number of halogens is 3. The molecular formula is C25H22F3NO5. The Kier molecular flexibility index (Phi) is 6.90. The quantitative estimate of drug-likeness (QED) is 0.391. The van der Waals surface area contributed by atoms with Gasteiger partial charge in [0.15, 0.2) is 0 Å². The van der Waals surface area contributed by atoms with Crippen molar-refractivity contribution in [3.63, 3.8) is 0 Å². The number of aromatic nitrogens is 1. The van der Waals surface area contributed by atoms with Gasteiger partial charge in [0.25, 0.3) is 0 Å². The van der Waals surface area contributed by atoms with Gasteiger partial charge in [0, 0.05) is 17.5 Å². The Morgan fingerprint density at radius 2 is 1.94 bits per heavy atom. The van der Waals surface area contributed by atoms with Gasteiger partial charge in [-0.2, -0.15) is 0 Å². The summed E-state index contributed by atoms with van der Waals surface area (Å²) >= 11 is 0. The van der Waals surface area contributed by atoms with Crippen LogP contribution in [0.3, 0.4) is 0 Å². The van der Waals surface area contributed by atoms with Crippen molar-refractivity contribution in [1.82, 2.24) is 5.16 Å². The van der Waals surface area contributed by atoms with Crippen molar-refractivity contribution >= 4 is 11.5 Å². The molecule has 0 radical (unpaired) electrons. The molecule has 0 aliphatic heterocycles. The lowest BCUT2D eigenvalue weighted by Gasteiger charge is -2.16. The molecule has 1 aromatic heterocycles. The normalized spacial score (nSPS) is 14.5. The van der Waals surface area contributed by atoms with E-state index in [0.29, 0.717) is 29.0 Å². The first-order valence-corrected chi connectivity index (χ1v) is 10.7. The number of alkyl halides is 3. The van der Waals surface area contributed by atoms with Crippen molar-refractivity contribution in [2.75, 3.05) is 0 Å². The molecule has 178 valence electrons. The van der Waals surface area contributed by atoms with Crippen molar-refractivity contribution in [2.24, 2.45) is 0 Å². The van der Waals surface area contributed by atoms with Crippen LogP contribution >= 0.6 is 0 Å². The molecule has 1 aliphatic rings. The number of carboxylic acid groups (broad SMARTS) is 1. The van der Waals surface area contributed by atoms with Gasteiger partial charge in [-0.1, -0.05) is 35.5 Å². The molecule has 1 N–H and O–H groups in total. The number of carbonyl (C=O) groups is 1. The summed E-state index contributed by atoms with van der Waals surface area (Å²) in [5, 5.41) is 13.1. The Bertz CT molecular complexity index is 1150. The van der Waals surface area contributed by atoms with Gasteiger partial charge >= 0.3 is 12.3 Å². The zero-order valence-corrected chi connectivity index (χ0v) is 18.0. The third kappa shape index (κ3) is 5.98. The van der Waals surface area contributed by atoms with E-state index in [4.69, 9.17) is 9.26 Å². The van der Waals surface area contributed by atoms with Gasteiger partial charge < -0.3 is 19.1 Å². The van der Waals surface area contributed by atoms with Gasteiger partial charge in [0.2, 0.25) is 0 Å². The van der Waals surface area contributed by atoms with Crippen molar-refractivity contribution < 1.29 is 37.1 Å². The zero-order chi connectivity index (χ0) is 24.1. The predicted molar refractivity (Wildman–Crippen MR) is 116 cm³/mol. The Morgan fingerprint density at radius 3 is 2.56 bits per heavy atom. The van der Waals surface area contributed by atoms with E-state index in [-0.39, 0.29) is 18.8 Å². The Hall–Kier alpha value is -3.75. The number of nitrogens with zero attached hydrogens (tertiary/aromatic N) is 1. The van der Waals surface area contributed by atoms with Gasteiger partial charge in [-0.25, -0.2) is 0 Å². The molecule has 0 bridgehead atoms. The molecule has 0 saturated carbocycles. The van der Waals surface area contributed by atoms with Gasteiger partial charge in [0.1, 0.15) is 24.4 Å².